The minimum Gasteiger partial charge on any atom is -0.376 e. The molecule has 0 fully saturated rings. The standard InChI is InChI=1S/C11H14F3N3O2S/c1-3-7(6-20-2)16-8-4-10(11(12,13)14)15-5-9(8)17(18)19/h4-5,7H,3,6H2,1-2H3,(H,15,16). The number of aromatic nitrogens is 1. The lowest BCUT2D eigenvalue weighted by Gasteiger charge is -2.17. The van der Waals surface area contributed by atoms with Gasteiger partial charge in [-0.05, 0) is 18.7 Å². The molecule has 0 radical (unpaired) electrons. The maximum absolute atomic E-state index is 12.6. The van der Waals surface area contributed by atoms with Gasteiger partial charge in [0.05, 0.1) is 4.92 Å². The average Bonchev–Trinajstić information content (AvgIpc) is 2.36. The van der Waals surface area contributed by atoms with Gasteiger partial charge in [-0.3, -0.25) is 10.1 Å². The van der Waals surface area contributed by atoms with Crippen molar-refractivity contribution in [2.24, 2.45) is 0 Å². The van der Waals surface area contributed by atoms with Gasteiger partial charge < -0.3 is 5.32 Å². The average molecular weight is 309 g/mol. The van der Waals surface area contributed by atoms with E-state index in [1.54, 1.807) is 0 Å². The Labute approximate surface area is 118 Å². The van der Waals surface area contributed by atoms with Gasteiger partial charge in [-0.2, -0.15) is 24.9 Å². The summed E-state index contributed by atoms with van der Waals surface area (Å²) in [7, 11) is 0. The fraction of sp³-hybridized carbons (Fsp3) is 0.545. The van der Waals surface area contributed by atoms with E-state index in [1.165, 1.54) is 11.8 Å². The second-order valence-corrected chi connectivity index (χ2v) is 4.96. The van der Waals surface area contributed by atoms with Crippen molar-refractivity contribution in [1.82, 2.24) is 4.98 Å². The first-order chi connectivity index (χ1) is 9.29. The Morgan fingerprint density at radius 1 is 1.55 bits per heavy atom. The molecule has 5 nitrogen and oxygen atoms in total. The number of alkyl halides is 3. The first-order valence-corrected chi connectivity index (χ1v) is 7.16. The van der Waals surface area contributed by atoms with Crippen molar-refractivity contribution in [3.05, 3.63) is 28.1 Å². The van der Waals surface area contributed by atoms with Crippen LogP contribution in [-0.4, -0.2) is 28.0 Å². The summed E-state index contributed by atoms with van der Waals surface area (Å²) >= 11 is 1.51. The first kappa shape index (κ1) is 16.5. The maximum Gasteiger partial charge on any atom is 0.433 e. The Hall–Kier alpha value is -1.51. The maximum atomic E-state index is 12.6. The molecule has 0 saturated carbocycles. The van der Waals surface area contributed by atoms with Gasteiger partial charge in [0.15, 0.2) is 0 Å². The summed E-state index contributed by atoms with van der Waals surface area (Å²) in [4.78, 5) is 13.2. The minimum atomic E-state index is -4.63. The third-order valence-corrected chi connectivity index (χ3v) is 3.33. The molecule has 0 aliphatic rings. The molecule has 1 N–H and O–H groups in total. The fourth-order valence-electron chi connectivity index (χ4n) is 1.55. The van der Waals surface area contributed by atoms with Gasteiger partial charge in [0.2, 0.25) is 0 Å². The molecule has 0 aliphatic heterocycles. The largest absolute Gasteiger partial charge is 0.433 e. The van der Waals surface area contributed by atoms with Crippen molar-refractivity contribution in [1.29, 1.82) is 0 Å². The van der Waals surface area contributed by atoms with Crippen LogP contribution in [0, 0.1) is 10.1 Å². The number of pyridine rings is 1. The number of nitrogens with one attached hydrogen (secondary N) is 1. The van der Waals surface area contributed by atoms with Crippen LogP contribution >= 0.6 is 11.8 Å². The summed E-state index contributed by atoms with van der Waals surface area (Å²) in [6, 6.07) is 0.536. The van der Waals surface area contributed by atoms with E-state index < -0.39 is 22.5 Å². The smallest absolute Gasteiger partial charge is 0.376 e. The molecule has 1 aromatic heterocycles. The Balaban J connectivity index is 3.15. The van der Waals surface area contributed by atoms with Gasteiger partial charge in [0.1, 0.15) is 17.6 Å². The summed E-state index contributed by atoms with van der Waals surface area (Å²) in [5.41, 5.74) is -1.76. The third kappa shape index (κ3) is 4.26. The highest BCUT2D eigenvalue weighted by Gasteiger charge is 2.34. The van der Waals surface area contributed by atoms with E-state index >= 15 is 0 Å². The molecule has 0 spiro atoms. The van der Waals surface area contributed by atoms with Crippen LogP contribution in [0.3, 0.4) is 0 Å². The van der Waals surface area contributed by atoms with E-state index in [0.29, 0.717) is 24.4 Å². The number of halogens is 3. The van der Waals surface area contributed by atoms with Crippen LogP contribution in [-0.2, 0) is 6.18 Å². The molecule has 112 valence electrons. The first-order valence-electron chi connectivity index (χ1n) is 5.76. The Kier molecular flexibility index (Phi) is 5.61. The molecule has 0 saturated heterocycles. The topological polar surface area (TPSA) is 68.1 Å². The monoisotopic (exact) mass is 309 g/mol. The number of hydrogen-bond donors (Lipinski definition) is 1. The number of thioether (sulfide) groups is 1. The summed E-state index contributed by atoms with van der Waals surface area (Å²) < 4.78 is 37.8. The van der Waals surface area contributed by atoms with Gasteiger partial charge in [0.25, 0.3) is 0 Å². The molecule has 0 amide bonds. The molecule has 1 unspecified atom stereocenters. The van der Waals surface area contributed by atoms with E-state index in [4.69, 9.17) is 0 Å². The molecule has 20 heavy (non-hydrogen) atoms. The van der Waals surface area contributed by atoms with Crippen molar-refractivity contribution < 1.29 is 18.1 Å². The van der Waals surface area contributed by atoms with E-state index in [-0.39, 0.29) is 11.7 Å². The summed E-state index contributed by atoms with van der Waals surface area (Å²) in [5, 5.41) is 13.6. The van der Waals surface area contributed by atoms with Crippen LogP contribution in [0.15, 0.2) is 12.3 Å². The zero-order valence-electron chi connectivity index (χ0n) is 10.9. The third-order valence-electron chi connectivity index (χ3n) is 2.59. The lowest BCUT2D eigenvalue weighted by molar-refractivity contribution is -0.384. The van der Waals surface area contributed by atoms with E-state index in [1.807, 2.05) is 13.2 Å². The van der Waals surface area contributed by atoms with Crippen LogP contribution in [0.1, 0.15) is 19.0 Å². The van der Waals surface area contributed by atoms with Crippen LogP contribution in [0.2, 0.25) is 0 Å². The molecule has 9 heteroatoms. The predicted octanol–water partition coefficient (Wildman–Crippen LogP) is 3.56. The number of nitro groups is 1. The highest BCUT2D eigenvalue weighted by molar-refractivity contribution is 7.98. The molecule has 0 aliphatic carbocycles. The van der Waals surface area contributed by atoms with Crippen LogP contribution in [0.25, 0.3) is 0 Å². The fourth-order valence-corrected chi connectivity index (χ4v) is 2.27. The number of hydrogen-bond acceptors (Lipinski definition) is 5. The summed E-state index contributed by atoms with van der Waals surface area (Å²) in [5.74, 6) is 0.636. The molecule has 1 atom stereocenters. The second-order valence-electron chi connectivity index (χ2n) is 4.05. The highest BCUT2D eigenvalue weighted by atomic mass is 32.2. The van der Waals surface area contributed by atoms with Crippen molar-refractivity contribution in [2.75, 3.05) is 17.3 Å². The van der Waals surface area contributed by atoms with Gasteiger partial charge in [0, 0.05) is 11.8 Å². The highest BCUT2D eigenvalue weighted by Crippen LogP contribution is 2.33. The van der Waals surface area contributed by atoms with Gasteiger partial charge in [-0.1, -0.05) is 6.92 Å². The van der Waals surface area contributed by atoms with Crippen LogP contribution < -0.4 is 5.32 Å². The minimum absolute atomic E-state index is 0.146. The molecule has 1 rings (SSSR count). The number of rotatable bonds is 6. The molecular formula is C11H14F3N3O2S. The molecule has 1 heterocycles. The molecule has 1 aromatic rings. The normalized spacial score (nSPS) is 13.1. The predicted molar refractivity (Wildman–Crippen MR) is 72.0 cm³/mol. The van der Waals surface area contributed by atoms with Crippen molar-refractivity contribution in [2.45, 2.75) is 25.6 Å². The molecular weight excluding hydrogens is 295 g/mol. The van der Waals surface area contributed by atoms with Crippen LogP contribution in [0.4, 0.5) is 24.5 Å². The van der Waals surface area contributed by atoms with Crippen LogP contribution in [0.5, 0.6) is 0 Å². The Morgan fingerprint density at radius 2 is 2.20 bits per heavy atom. The Bertz CT molecular complexity index is 482. The van der Waals surface area contributed by atoms with Gasteiger partial charge >= 0.3 is 11.9 Å². The quantitative estimate of drug-likeness (QED) is 0.643. The lowest BCUT2D eigenvalue weighted by atomic mass is 10.2. The zero-order valence-corrected chi connectivity index (χ0v) is 11.7. The number of nitrogens with zero attached hydrogens (tertiary/aromatic N) is 2. The van der Waals surface area contributed by atoms with Gasteiger partial charge in [-0.15, -0.1) is 0 Å². The van der Waals surface area contributed by atoms with E-state index in [9.17, 15) is 23.3 Å². The molecule has 0 aromatic carbocycles. The Morgan fingerprint density at radius 3 is 2.65 bits per heavy atom. The summed E-state index contributed by atoms with van der Waals surface area (Å²) in [6.07, 6.45) is -1.50. The van der Waals surface area contributed by atoms with E-state index in [0.717, 1.165) is 0 Å². The van der Waals surface area contributed by atoms with Crippen molar-refractivity contribution >= 4 is 23.1 Å². The van der Waals surface area contributed by atoms with Crippen molar-refractivity contribution in [3.8, 4) is 0 Å². The molecule has 0 bridgehead atoms. The summed E-state index contributed by atoms with van der Waals surface area (Å²) in [6.45, 7) is 1.85. The second kappa shape index (κ2) is 6.78. The lowest BCUT2D eigenvalue weighted by Crippen LogP contribution is -2.22. The SMILES string of the molecule is CCC(CSC)Nc1cc(C(F)(F)F)ncc1[N+](=O)[O-]. The number of anilines is 1. The zero-order chi connectivity index (χ0) is 15.3. The van der Waals surface area contributed by atoms with E-state index in [2.05, 4.69) is 10.3 Å². The van der Waals surface area contributed by atoms with Gasteiger partial charge in [-0.25, -0.2) is 4.98 Å². The van der Waals surface area contributed by atoms with Crippen molar-refractivity contribution in [3.63, 3.8) is 0 Å².